The predicted molar refractivity (Wildman–Crippen MR) is 89.2 cm³/mol. The van der Waals surface area contributed by atoms with Crippen molar-refractivity contribution in [1.82, 2.24) is 9.88 Å². The van der Waals surface area contributed by atoms with Crippen LogP contribution in [0.4, 0.5) is 5.69 Å². The van der Waals surface area contributed by atoms with Crippen LogP contribution in [0.15, 0.2) is 41.0 Å². The second-order valence-electron chi connectivity index (χ2n) is 5.10. The second-order valence-corrected chi connectivity index (χ2v) is 6.02. The number of carbonyl (C=O) groups is 1. The zero-order valence-corrected chi connectivity index (χ0v) is 13.9. The van der Waals surface area contributed by atoms with E-state index in [1.807, 2.05) is 42.0 Å². The highest BCUT2D eigenvalue weighted by Gasteiger charge is 2.15. The molecule has 1 aromatic heterocycles. The van der Waals surface area contributed by atoms with Gasteiger partial charge in [0.1, 0.15) is 5.69 Å². The molecule has 112 valence electrons. The molecule has 5 heteroatoms. The Balaban J connectivity index is 2.14. The third-order valence-corrected chi connectivity index (χ3v) is 3.80. The van der Waals surface area contributed by atoms with Crippen LogP contribution in [0, 0.1) is 0 Å². The van der Waals surface area contributed by atoms with Crippen molar-refractivity contribution in [3.63, 3.8) is 0 Å². The molecule has 0 saturated heterocycles. The smallest absolute Gasteiger partial charge is 0.268 e. The number of nitrogens with two attached hydrogens (primary N) is 1. The number of hydrogen-bond donors (Lipinski definition) is 2. The van der Waals surface area contributed by atoms with Crippen LogP contribution in [0.3, 0.4) is 0 Å². The lowest BCUT2D eigenvalue weighted by molar-refractivity contribution is 0.0930. The van der Waals surface area contributed by atoms with Crippen molar-refractivity contribution in [2.24, 2.45) is 0 Å². The Hall–Kier alpha value is -1.75. The number of aromatic nitrogens is 1. The minimum Gasteiger partial charge on any atom is -0.397 e. The van der Waals surface area contributed by atoms with E-state index in [-0.39, 0.29) is 11.9 Å². The van der Waals surface area contributed by atoms with Gasteiger partial charge in [-0.15, -0.1) is 0 Å². The molecule has 0 aliphatic carbocycles. The van der Waals surface area contributed by atoms with E-state index in [1.165, 1.54) is 0 Å². The fourth-order valence-corrected chi connectivity index (χ4v) is 2.70. The van der Waals surface area contributed by atoms with Gasteiger partial charge in [0, 0.05) is 17.2 Å². The Kier molecular flexibility index (Phi) is 5.07. The lowest BCUT2D eigenvalue weighted by atomic mass is 10.1. The number of benzene rings is 1. The van der Waals surface area contributed by atoms with E-state index in [0.717, 1.165) is 23.0 Å². The Labute approximate surface area is 133 Å². The van der Waals surface area contributed by atoms with Crippen molar-refractivity contribution >= 4 is 27.5 Å². The molecule has 4 nitrogen and oxygen atoms in total. The fourth-order valence-electron chi connectivity index (χ4n) is 2.28. The van der Waals surface area contributed by atoms with E-state index in [2.05, 4.69) is 28.2 Å². The molecule has 0 fully saturated rings. The van der Waals surface area contributed by atoms with Gasteiger partial charge < -0.3 is 15.6 Å². The minimum atomic E-state index is -0.104. The zero-order valence-electron chi connectivity index (χ0n) is 12.3. The summed E-state index contributed by atoms with van der Waals surface area (Å²) >= 11 is 3.44. The topological polar surface area (TPSA) is 60.0 Å². The van der Waals surface area contributed by atoms with Crippen molar-refractivity contribution in [2.75, 3.05) is 5.73 Å². The van der Waals surface area contributed by atoms with Gasteiger partial charge in [0.2, 0.25) is 0 Å². The van der Waals surface area contributed by atoms with E-state index in [0.29, 0.717) is 11.4 Å². The van der Waals surface area contributed by atoms with Gasteiger partial charge in [-0.2, -0.15) is 0 Å². The monoisotopic (exact) mass is 349 g/mol. The summed E-state index contributed by atoms with van der Waals surface area (Å²) in [4.78, 5) is 12.4. The van der Waals surface area contributed by atoms with Crippen LogP contribution in [0.1, 0.15) is 42.4 Å². The molecule has 1 amide bonds. The number of nitrogen functional groups attached to an aromatic ring is 1. The van der Waals surface area contributed by atoms with Crippen molar-refractivity contribution in [3.05, 3.63) is 52.3 Å². The number of halogens is 1. The average molecular weight is 350 g/mol. The number of hydrogen-bond acceptors (Lipinski definition) is 2. The standard InChI is InChI=1S/C16H20BrN3O/c1-3-7-20-10-14(18)9-15(20)16(21)19-11(2)12-5-4-6-13(17)8-12/h4-6,8-11H,3,7,18H2,1-2H3,(H,19,21). The lowest BCUT2D eigenvalue weighted by Crippen LogP contribution is -2.28. The molecule has 1 unspecified atom stereocenters. The van der Waals surface area contributed by atoms with E-state index in [9.17, 15) is 4.79 Å². The van der Waals surface area contributed by atoms with Gasteiger partial charge in [-0.05, 0) is 37.1 Å². The number of aryl methyl sites for hydroxylation is 1. The first-order valence-corrected chi connectivity index (χ1v) is 7.82. The molecular weight excluding hydrogens is 330 g/mol. The number of nitrogens with one attached hydrogen (secondary N) is 1. The maximum absolute atomic E-state index is 12.4. The highest BCUT2D eigenvalue weighted by molar-refractivity contribution is 9.10. The summed E-state index contributed by atoms with van der Waals surface area (Å²) in [6, 6.07) is 9.57. The van der Waals surface area contributed by atoms with Gasteiger partial charge in [-0.1, -0.05) is 35.0 Å². The summed E-state index contributed by atoms with van der Waals surface area (Å²) in [6.07, 6.45) is 2.76. The molecule has 0 aliphatic heterocycles. The summed E-state index contributed by atoms with van der Waals surface area (Å²) in [5.41, 5.74) is 8.08. The highest BCUT2D eigenvalue weighted by atomic mass is 79.9. The summed E-state index contributed by atoms with van der Waals surface area (Å²) in [6.45, 7) is 4.82. The normalized spacial score (nSPS) is 12.1. The van der Waals surface area contributed by atoms with Crippen LogP contribution in [-0.4, -0.2) is 10.5 Å². The van der Waals surface area contributed by atoms with E-state index in [4.69, 9.17) is 5.73 Å². The van der Waals surface area contributed by atoms with Gasteiger partial charge in [-0.3, -0.25) is 4.79 Å². The van der Waals surface area contributed by atoms with Gasteiger partial charge in [0.25, 0.3) is 5.91 Å². The fraction of sp³-hybridized carbons (Fsp3) is 0.312. The first-order valence-electron chi connectivity index (χ1n) is 7.03. The largest absolute Gasteiger partial charge is 0.397 e. The quantitative estimate of drug-likeness (QED) is 0.863. The average Bonchev–Trinajstić information content (AvgIpc) is 2.80. The molecule has 2 rings (SSSR count). The maximum atomic E-state index is 12.4. The van der Waals surface area contributed by atoms with E-state index >= 15 is 0 Å². The first-order chi connectivity index (χ1) is 10.0. The molecule has 0 saturated carbocycles. The van der Waals surface area contributed by atoms with Crippen LogP contribution >= 0.6 is 15.9 Å². The molecule has 0 bridgehead atoms. The Morgan fingerprint density at radius 2 is 2.19 bits per heavy atom. The second kappa shape index (κ2) is 6.80. The summed E-state index contributed by atoms with van der Waals surface area (Å²) in [5, 5.41) is 3.02. The molecule has 0 aliphatic rings. The maximum Gasteiger partial charge on any atom is 0.268 e. The van der Waals surface area contributed by atoms with Crippen LogP contribution in [0.5, 0.6) is 0 Å². The SMILES string of the molecule is CCCn1cc(N)cc1C(=O)NC(C)c1cccc(Br)c1. The summed E-state index contributed by atoms with van der Waals surface area (Å²) in [7, 11) is 0. The molecule has 1 aromatic carbocycles. The number of anilines is 1. The Bertz CT molecular complexity index is 636. The third kappa shape index (κ3) is 3.88. The van der Waals surface area contributed by atoms with Crippen molar-refractivity contribution in [3.8, 4) is 0 Å². The zero-order chi connectivity index (χ0) is 15.4. The molecule has 21 heavy (non-hydrogen) atoms. The van der Waals surface area contributed by atoms with Gasteiger partial charge in [0.05, 0.1) is 11.7 Å². The van der Waals surface area contributed by atoms with Crippen LogP contribution in [0.2, 0.25) is 0 Å². The van der Waals surface area contributed by atoms with Gasteiger partial charge in [-0.25, -0.2) is 0 Å². The first kappa shape index (κ1) is 15.6. The molecule has 1 atom stereocenters. The van der Waals surface area contributed by atoms with Crippen molar-refractivity contribution in [1.29, 1.82) is 0 Å². The number of rotatable bonds is 5. The highest BCUT2D eigenvalue weighted by Crippen LogP contribution is 2.19. The molecule has 0 radical (unpaired) electrons. The van der Waals surface area contributed by atoms with Crippen LogP contribution in [0.25, 0.3) is 0 Å². The van der Waals surface area contributed by atoms with Gasteiger partial charge >= 0.3 is 0 Å². The number of amides is 1. The summed E-state index contributed by atoms with van der Waals surface area (Å²) < 4.78 is 2.90. The molecule has 1 heterocycles. The van der Waals surface area contributed by atoms with Crippen LogP contribution in [-0.2, 0) is 6.54 Å². The van der Waals surface area contributed by atoms with Gasteiger partial charge in [0.15, 0.2) is 0 Å². The molecule has 0 spiro atoms. The Morgan fingerprint density at radius 3 is 2.86 bits per heavy atom. The van der Waals surface area contributed by atoms with Crippen molar-refractivity contribution < 1.29 is 4.79 Å². The minimum absolute atomic E-state index is 0.0683. The summed E-state index contributed by atoms with van der Waals surface area (Å²) in [5.74, 6) is -0.104. The predicted octanol–water partition coefficient (Wildman–Crippen LogP) is 3.73. The molecule has 2 aromatic rings. The van der Waals surface area contributed by atoms with E-state index < -0.39 is 0 Å². The Morgan fingerprint density at radius 1 is 1.43 bits per heavy atom. The van der Waals surface area contributed by atoms with E-state index in [1.54, 1.807) is 6.07 Å². The van der Waals surface area contributed by atoms with Crippen molar-refractivity contribution in [2.45, 2.75) is 32.9 Å². The number of carbonyl (C=O) groups excluding carboxylic acids is 1. The third-order valence-electron chi connectivity index (χ3n) is 3.31. The van der Waals surface area contributed by atoms with Crippen LogP contribution < -0.4 is 11.1 Å². The number of nitrogens with zero attached hydrogens (tertiary/aromatic N) is 1. The lowest BCUT2D eigenvalue weighted by Gasteiger charge is -2.15. The molecule has 3 N–H and O–H groups in total. The molecular formula is C16H20BrN3O.